The van der Waals surface area contributed by atoms with Gasteiger partial charge in [0.1, 0.15) is 5.75 Å². The van der Waals surface area contributed by atoms with Crippen LogP contribution in [0, 0.1) is 5.92 Å². The number of benzene rings is 2. The monoisotopic (exact) mass is 452 g/mol. The van der Waals surface area contributed by atoms with Crippen LogP contribution in [-0.2, 0) is 4.79 Å². The van der Waals surface area contributed by atoms with Crippen molar-refractivity contribution in [2.45, 2.75) is 52.4 Å². The third-order valence-corrected chi connectivity index (χ3v) is 5.40. The van der Waals surface area contributed by atoms with Crippen molar-refractivity contribution in [3.05, 3.63) is 53.6 Å². The highest BCUT2D eigenvalue weighted by Crippen LogP contribution is 2.29. The Balaban J connectivity index is 1.62. The maximum Gasteiger partial charge on any atom is 0.343 e. The van der Waals surface area contributed by atoms with Gasteiger partial charge in [0.05, 0.1) is 25.0 Å². The summed E-state index contributed by atoms with van der Waals surface area (Å²) in [7, 11) is 0. The second-order valence-corrected chi connectivity index (χ2v) is 7.97. The zero-order chi connectivity index (χ0) is 23.5. The second kappa shape index (κ2) is 12.6. The van der Waals surface area contributed by atoms with E-state index in [2.05, 4.69) is 10.5 Å². The van der Waals surface area contributed by atoms with Crippen LogP contribution in [0.5, 0.6) is 17.2 Å². The lowest BCUT2D eigenvalue weighted by Crippen LogP contribution is -2.28. The minimum absolute atomic E-state index is 0.0346. The Labute approximate surface area is 195 Å². The number of carbonyl (C=O) groups is 2. The van der Waals surface area contributed by atoms with Gasteiger partial charge >= 0.3 is 5.97 Å². The van der Waals surface area contributed by atoms with E-state index in [-0.39, 0.29) is 11.8 Å². The molecule has 0 atom stereocenters. The molecule has 1 aliphatic carbocycles. The van der Waals surface area contributed by atoms with Crippen molar-refractivity contribution in [2.75, 3.05) is 13.2 Å². The molecule has 7 heteroatoms. The Bertz CT molecular complexity index is 950. The first-order valence-corrected chi connectivity index (χ1v) is 11.7. The van der Waals surface area contributed by atoms with Gasteiger partial charge in [0.25, 0.3) is 0 Å². The molecule has 0 unspecified atom stereocenters. The van der Waals surface area contributed by atoms with Gasteiger partial charge in [-0.15, -0.1) is 0 Å². The molecule has 0 aliphatic heterocycles. The second-order valence-electron chi connectivity index (χ2n) is 7.97. The fourth-order valence-electron chi connectivity index (χ4n) is 3.65. The zero-order valence-electron chi connectivity index (χ0n) is 19.3. The van der Waals surface area contributed by atoms with Crippen LogP contribution in [0.15, 0.2) is 47.6 Å². The number of nitrogens with zero attached hydrogens (tertiary/aromatic N) is 1. The van der Waals surface area contributed by atoms with Crippen molar-refractivity contribution in [3.8, 4) is 17.2 Å². The van der Waals surface area contributed by atoms with Crippen LogP contribution in [0.3, 0.4) is 0 Å². The quantitative estimate of drug-likeness (QED) is 0.234. The molecule has 2 aromatic rings. The molecule has 176 valence electrons. The maximum absolute atomic E-state index is 12.6. The Kier molecular flexibility index (Phi) is 9.30. The van der Waals surface area contributed by atoms with E-state index in [9.17, 15) is 9.59 Å². The SMILES string of the molecule is CCCOc1ccc(C(=O)Oc2ccc(C=NNC(=O)C3CCCCC3)cc2OCC)cc1. The molecule has 1 fully saturated rings. The van der Waals surface area contributed by atoms with E-state index in [0.29, 0.717) is 36.0 Å². The number of rotatable bonds is 10. The molecule has 1 N–H and O–H groups in total. The Morgan fingerprint density at radius 1 is 1.00 bits per heavy atom. The number of ether oxygens (including phenoxy) is 3. The number of amides is 1. The number of hydrazone groups is 1. The van der Waals surface area contributed by atoms with Crippen molar-refractivity contribution in [1.29, 1.82) is 0 Å². The highest BCUT2D eigenvalue weighted by molar-refractivity contribution is 5.92. The molecule has 7 nitrogen and oxygen atoms in total. The predicted octanol–water partition coefficient (Wildman–Crippen LogP) is 5.12. The Morgan fingerprint density at radius 2 is 1.76 bits per heavy atom. The fraction of sp³-hybridized carbons (Fsp3) is 0.423. The molecule has 0 radical (unpaired) electrons. The first-order chi connectivity index (χ1) is 16.1. The van der Waals surface area contributed by atoms with E-state index in [1.807, 2.05) is 13.8 Å². The van der Waals surface area contributed by atoms with Crippen molar-refractivity contribution in [3.63, 3.8) is 0 Å². The highest BCUT2D eigenvalue weighted by Gasteiger charge is 2.20. The smallest absolute Gasteiger partial charge is 0.343 e. The molecule has 0 saturated heterocycles. The van der Waals surface area contributed by atoms with Crippen LogP contribution >= 0.6 is 0 Å². The van der Waals surface area contributed by atoms with Gasteiger partial charge in [0, 0.05) is 5.92 Å². The summed E-state index contributed by atoms with van der Waals surface area (Å²) in [5, 5.41) is 4.09. The fourth-order valence-corrected chi connectivity index (χ4v) is 3.65. The maximum atomic E-state index is 12.6. The van der Waals surface area contributed by atoms with Crippen LogP contribution in [0.4, 0.5) is 0 Å². The lowest BCUT2D eigenvalue weighted by atomic mass is 9.89. The van der Waals surface area contributed by atoms with Crippen LogP contribution in [0.25, 0.3) is 0 Å². The number of hydrogen-bond donors (Lipinski definition) is 1. The normalized spacial score (nSPS) is 14.1. The molecule has 0 aromatic heterocycles. The van der Waals surface area contributed by atoms with E-state index >= 15 is 0 Å². The minimum Gasteiger partial charge on any atom is -0.494 e. The van der Waals surface area contributed by atoms with E-state index in [1.165, 1.54) is 6.42 Å². The predicted molar refractivity (Wildman–Crippen MR) is 127 cm³/mol. The summed E-state index contributed by atoms with van der Waals surface area (Å²) in [6.45, 7) is 4.92. The molecule has 2 aromatic carbocycles. The van der Waals surface area contributed by atoms with E-state index < -0.39 is 5.97 Å². The Hall–Kier alpha value is -3.35. The summed E-state index contributed by atoms with van der Waals surface area (Å²) in [6, 6.07) is 12.0. The minimum atomic E-state index is -0.487. The highest BCUT2D eigenvalue weighted by atomic mass is 16.6. The number of nitrogens with one attached hydrogen (secondary N) is 1. The summed E-state index contributed by atoms with van der Waals surface area (Å²) < 4.78 is 16.8. The first kappa shape index (κ1) is 24.3. The van der Waals surface area contributed by atoms with E-state index in [1.54, 1.807) is 48.7 Å². The topological polar surface area (TPSA) is 86.2 Å². The molecule has 0 spiro atoms. The average molecular weight is 453 g/mol. The number of carbonyl (C=O) groups excluding carboxylic acids is 2. The third-order valence-electron chi connectivity index (χ3n) is 5.40. The van der Waals surface area contributed by atoms with Crippen LogP contribution in [0.2, 0.25) is 0 Å². The molecular formula is C26H32N2O5. The summed E-state index contributed by atoms with van der Waals surface area (Å²) >= 11 is 0. The summed E-state index contributed by atoms with van der Waals surface area (Å²) in [5.41, 5.74) is 3.77. The lowest BCUT2D eigenvalue weighted by Gasteiger charge is -2.19. The molecule has 3 rings (SSSR count). The Morgan fingerprint density at radius 3 is 2.45 bits per heavy atom. The van der Waals surface area contributed by atoms with Crippen LogP contribution in [-0.4, -0.2) is 31.3 Å². The molecular weight excluding hydrogens is 420 g/mol. The third kappa shape index (κ3) is 7.34. The van der Waals surface area contributed by atoms with Gasteiger partial charge in [-0.1, -0.05) is 26.2 Å². The van der Waals surface area contributed by atoms with Crippen LogP contribution < -0.4 is 19.6 Å². The average Bonchev–Trinajstić information content (AvgIpc) is 2.85. The first-order valence-electron chi connectivity index (χ1n) is 11.7. The molecule has 1 amide bonds. The zero-order valence-corrected chi connectivity index (χ0v) is 19.3. The van der Waals surface area contributed by atoms with Crippen LogP contribution in [0.1, 0.15) is 68.3 Å². The molecule has 33 heavy (non-hydrogen) atoms. The van der Waals surface area contributed by atoms with Gasteiger partial charge in [-0.25, -0.2) is 10.2 Å². The molecule has 0 heterocycles. The van der Waals surface area contributed by atoms with Crippen molar-refractivity contribution in [2.24, 2.45) is 11.0 Å². The van der Waals surface area contributed by atoms with Gasteiger partial charge in [0.2, 0.25) is 5.91 Å². The van der Waals surface area contributed by atoms with Crippen molar-refractivity contribution in [1.82, 2.24) is 5.43 Å². The van der Waals surface area contributed by atoms with E-state index in [4.69, 9.17) is 14.2 Å². The van der Waals surface area contributed by atoms with Gasteiger partial charge in [-0.2, -0.15) is 5.10 Å². The van der Waals surface area contributed by atoms with Gasteiger partial charge in [-0.3, -0.25) is 4.79 Å². The van der Waals surface area contributed by atoms with Gasteiger partial charge < -0.3 is 14.2 Å². The standard InChI is InChI=1S/C26H32N2O5/c1-3-16-32-22-13-11-21(12-14-22)26(30)33-23-15-10-19(17-24(23)31-4-2)18-27-28-25(29)20-8-6-5-7-9-20/h10-15,17-18,20H,3-9,16H2,1-2H3,(H,28,29). The molecule has 0 bridgehead atoms. The summed E-state index contributed by atoms with van der Waals surface area (Å²) in [6.07, 6.45) is 7.70. The summed E-state index contributed by atoms with van der Waals surface area (Å²) in [4.78, 5) is 24.8. The number of esters is 1. The van der Waals surface area contributed by atoms with Crippen molar-refractivity contribution >= 4 is 18.1 Å². The largest absolute Gasteiger partial charge is 0.494 e. The lowest BCUT2D eigenvalue weighted by molar-refractivity contribution is -0.125. The molecule has 1 aliphatic rings. The number of hydrogen-bond acceptors (Lipinski definition) is 6. The van der Waals surface area contributed by atoms with Crippen molar-refractivity contribution < 1.29 is 23.8 Å². The van der Waals surface area contributed by atoms with Gasteiger partial charge in [-0.05, 0) is 74.2 Å². The van der Waals surface area contributed by atoms with Gasteiger partial charge in [0.15, 0.2) is 11.5 Å². The molecule has 1 saturated carbocycles. The summed E-state index contributed by atoms with van der Waals surface area (Å²) in [5.74, 6) is 0.978. The van der Waals surface area contributed by atoms with E-state index in [0.717, 1.165) is 37.7 Å².